The van der Waals surface area contributed by atoms with Crippen molar-refractivity contribution in [3.8, 4) is 0 Å². The van der Waals surface area contributed by atoms with Crippen molar-refractivity contribution in [2.24, 2.45) is 5.73 Å². The predicted octanol–water partition coefficient (Wildman–Crippen LogP) is -0.176. The summed E-state index contributed by atoms with van der Waals surface area (Å²) in [6.45, 7) is 1.69. The molecule has 1 rings (SSSR count). The van der Waals surface area contributed by atoms with Gasteiger partial charge in [-0.1, -0.05) is 0 Å². The third kappa shape index (κ3) is 5.46. The molecule has 0 bridgehead atoms. The van der Waals surface area contributed by atoms with Crippen molar-refractivity contribution in [2.75, 3.05) is 25.4 Å². The van der Waals surface area contributed by atoms with E-state index in [9.17, 15) is 8.42 Å². The Morgan fingerprint density at radius 1 is 1.47 bits per heavy atom. The third-order valence-corrected chi connectivity index (χ3v) is 3.90. The Hall–Kier alpha value is -0.170. The molecule has 0 amide bonds. The highest BCUT2D eigenvalue weighted by molar-refractivity contribution is 7.89. The molecule has 0 saturated carbocycles. The molecule has 0 aromatic heterocycles. The van der Waals surface area contributed by atoms with Gasteiger partial charge in [-0.05, 0) is 32.2 Å². The van der Waals surface area contributed by atoms with Crippen molar-refractivity contribution in [3.05, 3.63) is 0 Å². The van der Waals surface area contributed by atoms with Crippen LogP contribution < -0.4 is 10.5 Å². The van der Waals surface area contributed by atoms with Crippen molar-refractivity contribution in [3.63, 3.8) is 0 Å². The Balaban J connectivity index is 2.12. The molecule has 1 heterocycles. The molecular formula is C9H20N2O3S. The average molecular weight is 236 g/mol. The van der Waals surface area contributed by atoms with Crippen molar-refractivity contribution >= 4 is 10.0 Å². The molecule has 1 unspecified atom stereocenters. The zero-order valence-corrected chi connectivity index (χ0v) is 9.76. The predicted molar refractivity (Wildman–Crippen MR) is 59.1 cm³/mol. The average Bonchev–Trinajstić information content (AvgIpc) is 2.67. The lowest BCUT2D eigenvalue weighted by molar-refractivity contribution is 0.105. The SMILES string of the molecule is NCCCS(=O)(=O)NCCC1CCCO1. The first-order valence-corrected chi connectivity index (χ1v) is 7.08. The summed E-state index contributed by atoms with van der Waals surface area (Å²) in [5.74, 6) is 0.120. The summed E-state index contributed by atoms with van der Waals surface area (Å²) in [6.07, 6.45) is 3.65. The highest BCUT2D eigenvalue weighted by atomic mass is 32.2. The molecule has 0 aromatic rings. The van der Waals surface area contributed by atoms with Gasteiger partial charge in [0.05, 0.1) is 11.9 Å². The number of hydrogen-bond acceptors (Lipinski definition) is 4. The molecule has 1 saturated heterocycles. The van der Waals surface area contributed by atoms with Gasteiger partial charge < -0.3 is 10.5 Å². The molecule has 0 aliphatic carbocycles. The fourth-order valence-electron chi connectivity index (χ4n) is 1.59. The summed E-state index contributed by atoms with van der Waals surface area (Å²) in [5, 5.41) is 0. The number of rotatable bonds is 7. The molecule has 1 aliphatic rings. The van der Waals surface area contributed by atoms with Crippen LogP contribution in [0.3, 0.4) is 0 Å². The van der Waals surface area contributed by atoms with Crippen molar-refractivity contribution in [1.29, 1.82) is 0 Å². The topological polar surface area (TPSA) is 81.4 Å². The van der Waals surface area contributed by atoms with Crippen LogP contribution in [0, 0.1) is 0 Å². The van der Waals surface area contributed by atoms with Crippen LogP contribution in [0.15, 0.2) is 0 Å². The van der Waals surface area contributed by atoms with E-state index in [0.29, 0.717) is 19.5 Å². The molecule has 0 aromatic carbocycles. The van der Waals surface area contributed by atoms with E-state index in [1.807, 2.05) is 0 Å². The lowest BCUT2D eigenvalue weighted by atomic mass is 10.2. The molecule has 1 fully saturated rings. The van der Waals surface area contributed by atoms with Gasteiger partial charge in [-0.3, -0.25) is 0 Å². The van der Waals surface area contributed by atoms with E-state index in [1.165, 1.54) is 0 Å². The minimum absolute atomic E-state index is 0.120. The Morgan fingerprint density at radius 3 is 2.87 bits per heavy atom. The van der Waals surface area contributed by atoms with Crippen molar-refractivity contribution < 1.29 is 13.2 Å². The highest BCUT2D eigenvalue weighted by Crippen LogP contribution is 2.14. The first-order valence-electron chi connectivity index (χ1n) is 5.43. The van der Waals surface area contributed by atoms with Crippen LogP contribution in [0.1, 0.15) is 25.7 Å². The van der Waals surface area contributed by atoms with Gasteiger partial charge in [-0.25, -0.2) is 13.1 Å². The first-order chi connectivity index (χ1) is 7.14. The molecule has 1 atom stereocenters. The number of nitrogens with two attached hydrogens (primary N) is 1. The Kier molecular flexibility index (Phi) is 5.52. The molecule has 0 radical (unpaired) electrons. The molecule has 15 heavy (non-hydrogen) atoms. The van der Waals surface area contributed by atoms with Gasteiger partial charge in [-0.15, -0.1) is 0 Å². The minimum Gasteiger partial charge on any atom is -0.378 e. The fraction of sp³-hybridized carbons (Fsp3) is 1.00. The quantitative estimate of drug-likeness (QED) is 0.642. The van der Waals surface area contributed by atoms with Gasteiger partial charge in [0.25, 0.3) is 0 Å². The largest absolute Gasteiger partial charge is 0.378 e. The highest BCUT2D eigenvalue weighted by Gasteiger charge is 2.16. The van der Waals surface area contributed by atoms with E-state index in [4.69, 9.17) is 10.5 Å². The summed E-state index contributed by atoms with van der Waals surface area (Å²) in [5.41, 5.74) is 5.25. The van der Waals surface area contributed by atoms with E-state index in [1.54, 1.807) is 0 Å². The van der Waals surface area contributed by atoms with Gasteiger partial charge in [0.1, 0.15) is 0 Å². The minimum atomic E-state index is -3.12. The van der Waals surface area contributed by atoms with Crippen LogP contribution in [-0.4, -0.2) is 40.0 Å². The smallest absolute Gasteiger partial charge is 0.211 e. The Morgan fingerprint density at radius 2 is 2.27 bits per heavy atom. The maximum Gasteiger partial charge on any atom is 0.211 e. The van der Waals surface area contributed by atoms with Gasteiger partial charge in [-0.2, -0.15) is 0 Å². The van der Waals surface area contributed by atoms with E-state index in [-0.39, 0.29) is 11.9 Å². The lowest BCUT2D eigenvalue weighted by Gasteiger charge is -2.10. The second kappa shape index (κ2) is 6.42. The molecule has 5 nitrogen and oxygen atoms in total. The molecule has 0 spiro atoms. The summed E-state index contributed by atoms with van der Waals surface area (Å²) in [4.78, 5) is 0. The van der Waals surface area contributed by atoms with E-state index in [2.05, 4.69) is 4.72 Å². The normalized spacial score (nSPS) is 22.1. The third-order valence-electron chi connectivity index (χ3n) is 2.43. The van der Waals surface area contributed by atoms with Crippen LogP contribution in [0.25, 0.3) is 0 Å². The van der Waals surface area contributed by atoms with Crippen LogP contribution >= 0.6 is 0 Å². The van der Waals surface area contributed by atoms with Crippen molar-refractivity contribution in [1.82, 2.24) is 4.72 Å². The number of nitrogens with one attached hydrogen (secondary N) is 1. The van der Waals surface area contributed by atoms with Gasteiger partial charge in [0, 0.05) is 13.2 Å². The first kappa shape index (κ1) is 12.9. The second-order valence-corrected chi connectivity index (χ2v) is 5.71. The van der Waals surface area contributed by atoms with Crippen LogP contribution in [0.2, 0.25) is 0 Å². The zero-order valence-electron chi connectivity index (χ0n) is 8.94. The van der Waals surface area contributed by atoms with E-state index >= 15 is 0 Å². The molecule has 1 aliphatic heterocycles. The Bertz CT molecular complexity index is 261. The standard InChI is InChI=1S/C9H20N2O3S/c10-5-2-8-15(12,13)11-6-4-9-3-1-7-14-9/h9,11H,1-8,10H2. The zero-order chi connectivity index (χ0) is 11.1. The molecule has 3 N–H and O–H groups in total. The maximum absolute atomic E-state index is 11.4. The van der Waals surface area contributed by atoms with Crippen LogP contribution in [-0.2, 0) is 14.8 Å². The monoisotopic (exact) mass is 236 g/mol. The van der Waals surface area contributed by atoms with Gasteiger partial charge in [0.2, 0.25) is 10.0 Å². The van der Waals surface area contributed by atoms with Gasteiger partial charge >= 0.3 is 0 Å². The number of sulfonamides is 1. The van der Waals surface area contributed by atoms with E-state index in [0.717, 1.165) is 25.9 Å². The number of hydrogen-bond donors (Lipinski definition) is 2. The fourth-order valence-corrected chi connectivity index (χ4v) is 2.71. The summed E-state index contributed by atoms with van der Waals surface area (Å²) in [6, 6.07) is 0. The van der Waals surface area contributed by atoms with Gasteiger partial charge in [0.15, 0.2) is 0 Å². The van der Waals surface area contributed by atoms with Crippen LogP contribution in [0.4, 0.5) is 0 Å². The van der Waals surface area contributed by atoms with E-state index < -0.39 is 10.0 Å². The lowest BCUT2D eigenvalue weighted by Crippen LogP contribution is -2.30. The second-order valence-electron chi connectivity index (χ2n) is 3.78. The molecule has 6 heteroatoms. The van der Waals surface area contributed by atoms with Crippen molar-refractivity contribution in [2.45, 2.75) is 31.8 Å². The summed E-state index contributed by atoms with van der Waals surface area (Å²) in [7, 11) is -3.12. The Labute approximate surface area is 91.4 Å². The van der Waals surface area contributed by atoms with Crippen LogP contribution in [0.5, 0.6) is 0 Å². The number of ether oxygens (including phenoxy) is 1. The summed E-state index contributed by atoms with van der Waals surface area (Å²) < 4.78 is 30.7. The maximum atomic E-state index is 11.4. The summed E-state index contributed by atoms with van der Waals surface area (Å²) >= 11 is 0. The molecular weight excluding hydrogens is 216 g/mol. The molecule has 90 valence electrons.